The summed E-state index contributed by atoms with van der Waals surface area (Å²) in [7, 11) is 0. The molecule has 27 heavy (non-hydrogen) atoms. The zero-order chi connectivity index (χ0) is 18.2. The van der Waals surface area contributed by atoms with E-state index in [0.717, 1.165) is 44.1 Å². The van der Waals surface area contributed by atoms with Crippen molar-refractivity contribution in [2.45, 2.75) is 55.3 Å². The molecule has 4 saturated carbocycles. The Balaban J connectivity index is 1.40. The number of halogens is 1. The molecule has 0 spiro atoms. The first-order valence-corrected chi connectivity index (χ1v) is 12.7. The van der Waals surface area contributed by atoms with Crippen molar-refractivity contribution in [2.24, 2.45) is 17.3 Å². The molecule has 2 aromatic heterocycles. The number of thiophene rings is 2. The van der Waals surface area contributed by atoms with Gasteiger partial charge in [-0.2, -0.15) is 0 Å². The summed E-state index contributed by atoms with van der Waals surface area (Å²) in [6.45, 7) is 0.876. The Labute approximate surface area is 177 Å². The van der Waals surface area contributed by atoms with Crippen LogP contribution in [0.2, 0.25) is 0 Å². The predicted octanol–water partition coefficient (Wildman–Crippen LogP) is 6.02. The van der Waals surface area contributed by atoms with E-state index in [-0.39, 0.29) is 15.8 Å². The van der Waals surface area contributed by atoms with Gasteiger partial charge in [0.2, 0.25) is 5.91 Å². The molecule has 0 radical (unpaired) electrons. The Morgan fingerprint density at radius 2 is 1.93 bits per heavy atom. The van der Waals surface area contributed by atoms with Crippen LogP contribution in [-0.4, -0.2) is 21.7 Å². The van der Waals surface area contributed by atoms with E-state index in [1.54, 1.807) is 11.3 Å². The van der Waals surface area contributed by atoms with Crippen LogP contribution < -0.4 is 0 Å². The third kappa shape index (κ3) is 2.57. The Hall–Kier alpha value is -0.650. The number of amides is 1. The van der Waals surface area contributed by atoms with E-state index >= 15 is 0 Å². The second kappa shape index (κ2) is 5.93. The van der Waals surface area contributed by atoms with Crippen LogP contribution in [0.25, 0.3) is 0 Å². The summed E-state index contributed by atoms with van der Waals surface area (Å²) in [4.78, 5) is 19.2. The SMILES string of the molecule is O=C(N1CCc2sccc2C1c1cccs1)C12CC3CC(CC(Br)(C3)C1)C2. The van der Waals surface area contributed by atoms with Crippen molar-refractivity contribution in [2.75, 3.05) is 6.54 Å². The lowest BCUT2D eigenvalue weighted by Crippen LogP contribution is -2.59. The first-order chi connectivity index (χ1) is 13.1. The number of carbonyl (C=O) groups excluding carboxylic acids is 1. The van der Waals surface area contributed by atoms with Gasteiger partial charge in [-0.1, -0.05) is 22.0 Å². The molecule has 0 aromatic carbocycles. The van der Waals surface area contributed by atoms with E-state index in [0.29, 0.717) is 5.91 Å². The van der Waals surface area contributed by atoms with Crippen LogP contribution in [-0.2, 0) is 11.2 Å². The lowest BCUT2D eigenvalue weighted by Gasteiger charge is -2.60. The number of nitrogens with zero attached hydrogens (tertiary/aromatic N) is 1. The molecule has 1 aliphatic heterocycles. The summed E-state index contributed by atoms with van der Waals surface area (Å²) in [6.07, 6.45) is 8.23. The van der Waals surface area contributed by atoms with Crippen molar-refractivity contribution in [1.29, 1.82) is 0 Å². The third-order valence-corrected chi connectivity index (χ3v) is 10.3. The summed E-state index contributed by atoms with van der Waals surface area (Å²) >= 11 is 7.74. The quantitative estimate of drug-likeness (QED) is 0.500. The van der Waals surface area contributed by atoms with E-state index in [9.17, 15) is 4.79 Å². The standard InChI is InChI=1S/C22H24BrNOS2/c23-22-11-14-8-15(12-22)10-21(9-14,13-22)20(25)24-5-3-17-16(4-7-27-17)19(24)18-2-1-6-26-18/h1-2,4,6-7,14-15,19H,3,5,8-13H2. The Morgan fingerprint density at radius 3 is 2.63 bits per heavy atom. The number of rotatable bonds is 2. The maximum absolute atomic E-state index is 14.1. The molecule has 1 amide bonds. The van der Waals surface area contributed by atoms with Gasteiger partial charge in [-0.25, -0.2) is 0 Å². The molecule has 2 aromatic rings. The highest BCUT2D eigenvalue weighted by Crippen LogP contribution is 2.65. The van der Waals surface area contributed by atoms with E-state index in [1.165, 1.54) is 34.6 Å². The van der Waals surface area contributed by atoms with Crippen molar-refractivity contribution in [3.8, 4) is 0 Å². The molecule has 0 N–H and O–H groups in total. The molecule has 5 heteroatoms. The highest BCUT2D eigenvalue weighted by Gasteiger charge is 2.61. The minimum absolute atomic E-state index is 0.114. The van der Waals surface area contributed by atoms with Gasteiger partial charge < -0.3 is 4.90 Å². The highest BCUT2D eigenvalue weighted by molar-refractivity contribution is 9.10. The second-order valence-electron chi connectivity index (χ2n) is 9.36. The van der Waals surface area contributed by atoms with Gasteiger partial charge in [0, 0.05) is 20.6 Å². The molecule has 142 valence electrons. The molecule has 2 nitrogen and oxygen atoms in total. The van der Waals surface area contributed by atoms with Crippen LogP contribution in [0.5, 0.6) is 0 Å². The van der Waals surface area contributed by atoms with Gasteiger partial charge in [0.05, 0.1) is 11.5 Å². The third-order valence-electron chi connectivity index (χ3n) is 7.48. The summed E-state index contributed by atoms with van der Waals surface area (Å²) in [5, 5.41) is 4.36. The van der Waals surface area contributed by atoms with Crippen molar-refractivity contribution >= 4 is 44.5 Å². The average molecular weight is 462 g/mol. The summed E-state index contributed by atoms with van der Waals surface area (Å²) < 4.78 is 0.231. The van der Waals surface area contributed by atoms with Gasteiger partial charge in [0.15, 0.2) is 0 Å². The molecule has 3 unspecified atom stereocenters. The molecule has 7 rings (SSSR count). The number of carbonyl (C=O) groups is 1. The van der Waals surface area contributed by atoms with Crippen LogP contribution in [0.4, 0.5) is 0 Å². The smallest absolute Gasteiger partial charge is 0.229 e. The number of hydrogen-bond acceptors (Lipinski definition) is 3. The molecule has 4 aliphatic carbocycles. The Kier molecular flexibility index (Phi) is 3.78. The zero-order valence-corrected chi connectivity index (χ0v) is 18.5. The molecule has 4 bridgehead atoms. The maximum atomic E-state index is 14.1. The molecule has 0 saturated heterocycles. The zero-order valence-electron chi connectivity index (χ0n) is 15.3. The second-order valence-corrected chi connectivity index (χ2v) is 13.0. The van der Waals surface area contributed by atoms with Crippen LogP contribution in [0.1, 0.15) is 59.9 Å². The van der Waals surface area contributed by atoms with E-state index in [1.807, 2.05) is 11.3 Å². The van der Waals surface area contributed by atoms with Crippen LogP contribution >= 0.6 is 38.6 Å². The Morgan fingerprint density at radius 1 is 1.11 bits per heavy atom. The van der Waals surface area contributed by atoms with Gasteiger partial charge in [0.25, 0.3) is 0 Å². The number of fused-ring (bicyclic) bond motifs is 1. The molecular weight excluding hydrogens is 438 g/mol. The van der Waals surface area contributed by atoms with Gasteiger partial charge in [-0.15, -0.1) is 22.7 Å². The van der Waals surface area contributed by atoms with Gasteiger partial charge in [-0.05, 0) is 85.2 Å². The normalized spacial score (nSPS) is 39.6. The van der Waals surface area contributed by atoms with E-state index < -0.39 is 0 Å². The van der Waals surface area contributed by atoms with Crippen LogP contribution in [0.15, 0.2) is 29.0 Å². The maximum Gasteiger partial charge on any atom is 0.229 e. The Bertz CT molecular complexity index is 874. The van der Waals surface area contributed by atoms with Gasteiger partial charge in [-0.3, -0.25) is 4.79 Å². The fourth-order valence-electron chi connectivity index (χ4n) is 6.99. The van der Waals surface area contributed by atoms with Crippen molar-refractivity contribution in [3.63, 3.8) is 0 Å². The molecule has 4 fully saturated rings. The topological polar surface area (TPSA) is 20.3 Å². The highest BCUT2D eigenvalue weighted by atomic mass is 79.9. The van der Waals surface area contributed by atoms with Gasteiger partial charge in [0.1, 0.15) is 0 Å². The molecule has 3 atom stereocenters. The first-order valence-electron chi connectivity index (χ1n) is 10.1. The van der Waals surface area contributed by atoms with Gasteiger partial charge >= 0.3 is 0 Å². The lowest BCUT2D eigenvalue weighted by molar-refractivity contribution is -0.157. The summed E-state index contributed by atoms with van der Waals surface area (Å²) in [6, 6.07) is 6.73. The minimum Gasteiger partial charge on any atom is -0.330 e. The molecular formula is C22H24BrNOS2. The summed E-state index contributed by atoms with van der Waals surface area (Å²) in [5.74, 6) is 1.95. The fraction of sp³-hybridized carbons (Fsp3) is 0.591. The minimum atomic E-state index is -0.114. The molecule has 5 aliphatic rings. The first kappa shape index (κ1) is 17.2. The van der Waals surface area contributed by atoms with Crippen molar-refractivity contribution < 1.29 is 4.79 Å². The predicted molar refractivity (Wildman–Crippen MR) is 115 cm³/mol. The van der Waals surface area contributed by atoms with Crippen LogP contribution in [0.3, 0.4) is 0 Å². The van der Waals surface area contributed by atoms with E-state index in [4.69, 9.17) is 0 Å². The monoisotopic (exact) mass is 461 g/mol. The van der Waals surface area contributed by atoms with Crippen molar-refractivity contribution in [3.05, 3.63) is 44.3 Å². The number of hydrogen-bond donors (Lipinski definition) is 0. The van der Waals surface area contributed by atoms with E-state index in [2.05, 4.69) is 49.8 Å². The summed E-state index contributed by atoms with van der Waals surface area (Å²) in [5.41, 5.74) is 1.26. The van der Waals surface area contributed by atoms with Crippen molar-refractivity contribution in [1.82, 2.24) is 4.90 Å². The molecule has 3 heterocycles. The fourth-order valence-corrected chi connectivity index (χ4v) is 10.2. The largest absolute Gasteiger partial charge is 0.330 e. The average Bonchev–Trinajstić information content (AvgIpc) is 3.29. The lowest BCUT2D eigenvalue weighted by atomic mass is 9.49. The van der Waals surface area contributed by atoms with Crippen LogP contribution in [0, 0.1) is 17.3 Å². The number of alkyl halides is 1.